The summed E-state index contributed by atoms with van der Waals surface area (Å²) >= 11 is 0. The van der Waals surface area contributed by atoms with Crippen molar-refractivity contribution in [3.05, 3.63) is 36.2 Å². The summed E-state index contributed by atoms with van der Waals surface area (Å²) in [5.74, 6) is 1.74. The molecule has 1 aliphatic rings. The second kappa shape index (κ2) is 4.06. The number of hydrogen-bond acceptors (Lipinski definition) is 3. The quantitative estimate of drug-likeness (QED) is 0.802. The zero-order chi connectivity index (χ0) is 10.8. The van der Waals surface area contributed by atoms with Gasteiger partial charge in [0.25, 0.3) is 0 Å². The van der Waals surface area contributed by atoms with Gasteiger partial charge in [0.1, 0.15) is 5.82 Å². The first kappa shape index (κ1) is 9.54. The lowest BCUT2D eigenvalue weighted by atomic mass is 10.2. The number of rotatable bonds is 2. The number of benzene rings is 1. The topological polar surface area (TPSA) is 53.6 Å². The fraction of sp³-hybridized carbons (Fsp3) is 0.333. The molecule has 0 bridgehead atoms. The van der Waals surface area contributed by atoms with Gasteiger partial charge in [-0.3, -0.25) is 5.10 Å². The maximum absolute atomic E-state index is 4.53. The van der Waals surface area contributed by atoms with Crippen LogP contribution in [0.2, 0.25) is 0 Å². The van der Waals surface area contributed by atoms with Gasteiger partial charge >= 0.3 is 0 Å². The van der Waals surface area contributed by atoms with Gasteiger partial charge in [-0.25, -0.2) is 4.98 Å². The van der Waals surface area contributed by atoms with Crippen LogP contribution >= 0.6 is 0 Å². The van der Waals surface area contributed by atoms with Crippen molar-refractivity contribution in [3.63, 3.8) is 0 Å². The molecule has 4 nitrogen and oxygen atoms in total. The second-order valence-electron chi connectivity index (χ2n) is 4.06. The summed E-state index contributed by atoms with van der Waals surface area (Å²) in [5.41, 5.74) is 1.06. The minimum absolute atomic E-state index is 0.352. The Hall–Kier alpha value is -1.68. The highest BCUT2D eigenvalue weighted by atomic mass is 15.2. The van der Waals surface area contributed by atoms with E-state index in [1.54, 1.807) is 0 Å². The Morgan fingerprint density at radius 2 is 2.06 bits per heavy atom. The summed E-state index contributed by atoms with van der Waals surface area (Å²) in [6, 6.07) is 10.4. The fourth-order valence-electron chi connectivity index (χ4n) is 2.06. The molecule has 2 heterocycles. The van der Waals surface area contributed by atoms with E-state index in [0.29, 0.717) is 6.04 Å². The number of aromatic nitrogens is 3. The van der Waals surface area contributed by atoms with Crippen molar-refractivity contribution in [1.29, 1.82) is 0 Å². The smallest absolute Gasteiger partial charge is 0.181 e. The van der Waals surface area contributed by atoms with Crippen molar-refractivity contribution in [2.24, 2.45) is 0 Å². The third-order valence-corrected chi connectivity index (χ3v) is 2.93. The normalized spacial score (nSPS) is 20.1. The van der Waals surface area contributed by atoms with Crippen LogP contribution in [-0.2, 0) is 0 Å². The van der Waals surface area contributed by atoms with Crippen molar-refractivity contribution >= 4 is 0 Å². The van der Waals surface area contributed by atoms with Crippen LogP contribution in [-0.4, -0.2) is 21.7 Å². The van der Waals surface area contributed by atoms with E-state index in [1.165, 1.54) is 6.42 Å². The Bertz CT molecular complexity index is 457. The summed E-state index contributed by atoms with van der Waals surface area (Å²) in [6.45, 7) is 1.08. The van der Waals surface area contributed by atoms with E-state index in [-0.39, 0.29) is 0 Å². The first-order valence-electron chi connectivity index (χ1n) is 5.64. The first-order valence-corrected chi connectivity index (χ1v) is 5.64. The Labute approximate surface area is 94.1 Å². The monoisotopic (exact) mass is 214 g/mol. The largest absolute Gasteiger partial charge is 0.307 e. The molecule has 0 spiro atoms. The van der Waals surface area contributed by atoms with Crippen LogP contribution in [0.15, 0.2) is 30.3 Å². The zero-order valence-corrected chi connectivity index (χ0v) is 8.98. The molecule has 2 N–H and O–H groups in total. The molecule has 0 aliphatic carbocycles. The van der Waals surface area contributed by atoms with Crippen LogP contribution in [0.3, 0.4) is 0 Å². The molecule has 0 unspecified atom stereocenters. The highest BCUT2D eigenvalue weighted by Gasteiger charge is 2.19. The number of aromatic amines is 1. The molecule has 82 valence electrons. The van der Waals surface area contributed by atoms with Crippen molar-refractivity contribution in [2.45, 2.75) is 18.9 Å². The van der Waals surface area contributed by atoms with Crippen LogP contribution in [0.25, 0.3) is 11.4 Å². The molecule has 3 rings (SSSR count). The van der Waals surface area contributed by atoms with E-state index in [9.17, 15) is 0 Å². The number of nitrogens with one attached hydrogen (secondary N) is 2. The van der Waals surface area contributed by atoms with Gasteiger partial charge in [0.05, 0.1) is 6.04 Å². The van der Waals surface area contributed by atoms with E-state index in [1.807, 2.05) is 30.3 Å². The lowest BCUT2D eigenvalue weighted by molar-refractivity contribution is 0.608. The van der Waals surface area contributed by atoms with E-state index in [0.717, 1.165) is 30.2 Å². The molecule has 1 atom stereocenters. The van der Waals surface area contributed by atoms with Gasteiger partial charge in [-0.15, -0.1) is 0 Å². The highest BCUT2D eigenvalue weighted by molar-refractivity contribution is 5.53. The van der Waals surface area contributed by atoms with Gasteiger partial charge in [0.2, 0.25) is 0 Å². The fourth-order valence-corrected chi connectivity index (χ4v) is 2.06. The summed E-state index contributed by atoms with van der Waals surface area (Å²) in [4.78, 5) is 4.53. The molecule has 0 amide bonds. The number of H-pyrrole nitrogens is 1. The minimum Gasteiger partial charge on any atom is -0.307 e. The van der Waals surface area contributed by atoms with Gasteiger partial charge < -0.3 is 5.32 Å². The molecule has 16 heavy (non-hydrogen) atoms. The average Bonchev–Trinajstić information content (AvgIpc) is 3.01. The molecular weight excluding hydrogens is 200 g/mol. The molecule has 4 heteroatoms. The third kappa shape index (κ3) is 1.72. The molecule has 2 aromatic rings. The van der Waals surface area contributed by atoms with Crippen molar-refractivity contribution < 1.29 is 0 Å². The predicted octanol–water partition coefficient (Wildman–Crippen LogP) is 1.90. The van der Waals surface area contributed by atoms with Gasteiger partial charge in [0, 0.05) is 5.56 Å². The standard InChI is InChI=1S/C12H14N4/c1-2-5-9(6-3-1)11-14-12(16-15-11)10-7-4-8-13-10/h1-3,5-6,10,13H,4,7-8H2,(H,14,15,16)/t10-/m1/s1. The van der Waals surface area contributed by atoms with Crippen molar-refractivity contribution in [1.82, 2.24) is 20.5 Å². The van der Waals surface area contributed by atoms with Gasteiger partial charge in [-0.1, -0.05) is 30.3 Å². The Morgan fingerprint density at radius 1 is 1.19 bits per heavy atom. The maximum atomic E-state index is 4.53. The molecule has 1 saturated heterocycles. The minimum atomic E-state index is 0.352. The first-order chi connectivity index (χ1) is 7.93. The number of nitrogens with zero attached hydrogens (tertiary/aromatic N) is 2. The Balaban J connectivity index is 1.87. The van der Waals surface area contributed by atoms with Crippen LogP contribution in [0.5, 0.6) is 0 Å². The predicted molar refractivity (Wildman–Crippen MR) is 61.8 cm³/mol. The molecule has 1 aromatic carbocycles. The maximum Gasteiger partial charge on any atom is 0.181 e. The zero-order valence-electron chi connectivity index (χ0n) is 8.98. The Kier molecular flexibility index (Phi) is 2.42. The summed E-state index contributed by atoms with van der Waals surface area (Å²) in [7, 11) is 0. The molecule has 0 saturated carbocycles. The van der Waals surface area contributed by atoms with Crippen LogP contribution in [0.1, 0.15) is 24.7 Å². The van der Waals surface area contributed by atoms with Gasteiger partial charge in [-0.05, 0) is 19.4 Å². The third-order valence-electron chi connectivity index (χ3n) is 2.93. The molecule has 0 radical (unpaired) electrons. The van der Waals surface area contributed by atoms with E-state index >= 15 is 0 Å². The lowest BCUT2D eigenvalue weighted by Gasteiger charge is -2.03. The molecule has 1 aromatic heterocycles. The van der Waals surface area contributed by atoms with Gasteiger partial charge in [0.15, 0.2) is 5.82 Å². The number of hydrogen-bond donors (Lipinski definition) is 2. The highest BCUT2D eigenvalue weighted by Crippen LogP contribution is 2.22. The van der Waals surface area contributed by atoms with Crippen LogP contribution in [0, 0.1) is 0 Å². The SMILES string of the molecule is c1ccc(-c2n[nH]c([C@H]3CCCN3)n2)cc1. The van der Waals surface area contributed by atoms with Crippen molar-refractivity contribution in [3.8, 4) is 11.4 Å². The van der Waals surface area contributed by atoms with E-state index in [2.05, 4.69) is 20.5 Å². The van der Waals surface area contributed by atoms with Crippen LogP contribution < -0.4 is 5.32 Å². The molecule has 1 aliphatic heterocycles. The second-order valence-corrected chi connectivity index (χ2v) is 4.06. The molecule has 1 fully saturated rings. The van der Waals surface area contributed by atoms with E-state index < -0.39 is 0 Å². The van der Waals surface area contributed by atoms with Crippen molar-refractivity contribution in [2.75, 3.05) is 6.54 Å². The van der Waals surface area contributed by atoms with Crippen LogP contribution in [0.4, 0.5) is 0 Å². The molecular formula is C12H14N4. The summed E-state index contributed by atoms with van der Waals surface area (Å²) in [6.07, 6.45) is 2.36. The Morgan fingerprint density at radius 3 is 2.81 bits per heavy atom. The summed E-state index contributed by atoms with van der Waals surface area (Å²) in [5, 5.41) is 10.7. The van der Waals surface area contributed by atoms with E-state index in [4.69, 9.17) is 0 Å². The summed E-state index contributed by atoms with van der Waals surface area (Å²) < 4.78 is 0. The lowest BCUT2D eigenvalue weighted by Crippen LogP contribution is -2.14. The average molecular weight is 214 g/mol. The van der Waals surface area contributed by atoms with Gasteiger partial charge in [-0.2, -0.15) is 5.10 Å².